The summed E-state index contributed by atoms with van der Waals surface area (Å²) in [4.78, 5) is 5.00. The van der Waals surface area contributed by atoms with Crippen molar-refractivity contribution in [1.82, 2.24) is 0 Å². The van der Waals surface area contributed by atoms with E-state index in [4.69, 9.17) is 0 Å². The number of aryl methyl sites for hydroxylation is 3. The van der Waals surface area contributed by atoms with Crippen LogP contribution in [-0.2, 0) is 21.7 Å². The van der Waals surface area contributed by atoms with Crippen LogP contribution in [-0.4, -0.2) is 0 Å². The van der Waals surface area contributed by atoms with Gasteiger partial charge in [0.25, 0.3) is 0 Å². The Balaban J connectivity index is 0.787. The first kappa shape index (κ1) is 51.6. The fourth-order valence-electron chi connectivity index (χ4n) is 16.8. The van der Waals surface area contributed by atoms with E-state index in [1.165, 1.54) is 139 Å². The molecule has 0 heterocycles. The van der Waals surface area contributed by atoms with Crippen LogP contribution >= 0.6 is 0 Å². The van der Waals surface area contributed by atoms with Gasteiger partial charge in [0.1, 0.15) is 0 Å². The van der Waals surface area contributed by atoms with Crippen molar-refractivity contribution in [3.8, 4) is 66.8 Å². The van der Waals surface area contributed by atoms with Crippen LogP contribution in [0.15, 0.2) is 249 Å². The Labute approximate surface area is 512 Å². The lowest BCUT2D eigenvalue weighted by molar-refractivity contribution is 0.659. The second-order valence-electron chi connectivity index (χ2n) is 27.0. The molecule has 2 heteroatoms. The molecule has 0 bridgehead atoms. The molecule has 0 aromatic heterocycles. The SMILES string of the molecule is Cc1ccc2c(c1)C(C)(C)c1cc(N(c3ccc(-c4ccc(N(c5ccc6c(c5)-c5ccccc5C6(C)C)c5ccc6c(c5)-c5ccccc5C65c6ccccc6-c6ccccc65)cc4)c(C)c3)c3ccc4c(c3)C(C)(C)c3cc(C)ccc3-4)ccc1-2. The average molecular weight is 1120 g/mol. The van der Waals surface area contributed by atoms with Crippen molar-refractivity contribution in [3.63, 3.8) is 0 Å². The molecule has 12 aromatic carbocycles. The molecule has 0 atom stereocenters. The second kappa shape index (κ2) is 18.1. The van der Waals surface area contributed by atoms with Gasteiger partial charge in [-0.15, -0.1) is 0 Å². The van der Waals surface area contributed by atoms with Gasteiger partial charge in [-0.3, -0.25) is 0 Å². The first-order valence-electron chi connectivity index (χ1n) is 31.1. The minimum atomic E-state index is -0.411. The molecule has 1 spiro atoms. The molecule has 17 rings (SSSR count). The molecule has 5 aliphatic rings. The van der Waals surface area contributed by atoms with Crippen molar-refractivity contribution in [2.24, 2.45) is 0 Å². The van der Waals surface area contributed by atoms with Crippen LogP contribution in [0.2, 0.25) is 0 Å². The summed E-state index contributed by atoms with van der Waals surface area (Å²) in [6, 6.07) is 95.6. The van der Waals surface area contributed by atoms with Gasteiger partial charge in [0, 0.05) is 50.4 Å². The van der Waals surface area contributed by atoms with Gasteiger partial charge in [0.05, 0.1) is 5.41 Å². The molecule has 0 saturated carbocycles. The summed E-state index contributed by atoms with van der Waals surface area (Å²) in [5, 5.41) is 0. The smallest absolute Gasteiger partial charge is 0.0725 e. The van der Waals surface area contributed by atoms with Gasteiger partial charge in [0.2, 0.25) is 0 Å². The summed E-state index contributed by atoms with van der Waals surface area (Å²) in [5.41, 5.74) is 39.1. The molecule has 0 fully saturated rings. The predicted molar refractivity (Wildman–Crippen MR) is 364 cm³/mol. The van der Waals surface area contributed by atoms with Crippen molar-refractivity contribution in [2.45, 2.75) is 84.0 Å². The summed E-state index contributed by atoms with van der Waals surface area (Å²) >= 11 is 0. The molecular weight excluding hydrogens is 1050 g/mol. The third kappa shape index (κ3) is 7.10. The number of hydrogen-bond donors (Lipinski definition) is 0. The molecule has 0 radical (unpaired) electrons. The molecular formula is C85H68N2. The van der Waals surface area contributed by atoms with E-state index in [1.54, 1.807) is 0 Å². The topological polar surface area (TPSA) is 6.48 Å². The number of fused-ring (bicyclic) bond motifs is 19. The lowest BCUT2D eigenvalue weighted by Gasteiger charge is -2.31. The fourth-order valence-corrected chi connectivity index (χ4v) is 16.8. The van der Waals surface area contributed by atoms with Crippen molar-refractivity contribution in [3.05, 3.63) is 321 Å². The quantitative estimate of drug-likeness (QED) is 0.157. The monoisotopic (exact) mass is 1120 g/mol. The van der Waals surface area contributed by atoms with Crippen molar-refractivity contribution in [1.29, 1.82) is 0 Å². The zero-order valence-corrected chi connectivity index (χ0v) is 51.1. The lowest BCUT2D eigenvalue weighted by atomic mass is 9.70. The molecule has 5 aliphatic carbocycles. The average Bonchev–Trinajstić information content (AvgIpc) is 1.53. The van der Waals surface area contributed by atoms with Crippen LogP contribution in [0.1, 0.15) is 114 Å². The molecule has 0 unspecified atom stereocenters. The van der Waals surface area contributed by atoms with Gasteiger partial charge in [-0.05, 0) is 222 Å². The van der Waals surface area contributed by atoms with Gasteiger partial charge in [-0.2, -0.15) is 0 Å². The Bertz CT molecular complexity index is 4790. The van der Waals surface area contributed by atoms with E-state index < -0.39 is 5.41 Å². The highest BCUT2D eigenvalue weighted by molar-refractivity contribution is 5.98. The van der Waals surface area contributed by atoms with Gasteiger partial charge in [-0.1, -0.05) is 229 Å². The zero-order chi connectivity index (χ0) is 59.0. The van der Waals surface area contributed by atoms with Crippen LogP contribution in [0.4, 0.5) is 34.1 Å². The van der Waals surface area contributed by atoms with E-state index in [-0.39, 0.29) is 16.2 Å². The van der Waals surface area contributed by atoms with Crippen LogP contribution in [0.3, 0.4) is 0 Å². The molecule has 87 heavy (non-hydrogen) atoms. The largest absolute Gasteiger partial charge is 0.310 e. The van der Waals surface area contributed by atoms with Crippen LogP contribution in [0.5, 0.6) is 0 Å². The minimum absolute atomic E-state index is 0.103. The minimum Gasteiger partial charge on any atom is -0.310 e. The first-order chi connectivity index (χ1) is 42.1. The Morgan fingerprint density at radius 2 is 0.517 bits per heavy atom. The number of rotatable bonds is 7. The third-order valence-electron chi connectivity index (χ3n) is 21.1. The second-order valence-corrected chi connectivity index (χ2v) is 27.0. The van der Waals surface area contributed by atoms with Gasteiger partial charge >= 0.3 is 0 Å². The van der Waals surface area contributed by atoms with E-state index in [0.717, 1.165) is 34.1 Å². The highest BCUT2D eigenvalue weighted by Gasteiger charge is 2.52. The summed E-state index contributed by atoms with van der Waals surface area (Å²) in [6.45, 7) is 21.0. The normalized spacial score (nSPS) is 15.3. The maximum Gasteiger partial charge on any atom is 0.0725 e. The van der Waals surface area contributed by atoms with Crippen LogP contribution in [0.25, 0.3) is 66.8 Å². The van der Waals surface area contributed by atoms with Crippen molar-refractivity contribution < 1.29 is 0 Å². The maximum absolute atomic E-state index is 2.50. The van der Waals surface area contributed by atoms with E-state index in [0.29, 0.717) is 0 Å². The zero-order valence-electron chi connectivity index (χ0n) is 51.1. The standard InChI is InChI=1S/C85H68N2/c1-51-26-37-66-68-40-33-59(49-80(68)83(6,7)78(66)44-51)87(60-34-41-69-67-38-27-52(2)45-79(67)84(8,9)81(69)50-60)56-32-39-61(53(3)46-56)54-28-30-55(31-29-54)86(57-35-42-73-70(47-57)64-20-10-14-22-72(64)82(73,4)5)58-36-43-77-71(48-58)65-21-13-17-25-76(65)85(77)74-23-15-11-18-62(74)63-19-12-16-24-75(63)85/h10-50H,1-9H3. The molecule has 0 aliphatic heterocycles. The lowest BCUT2D eigenvalue weighted by Crippen LogP contribution is -2.25. The summed E-state index contributed by atoms with van der Waals surface area (Å²) in [7, 11) is 0. The summed E-state index contributed by atoms with van der Waals surface area (Å²) < 4.78 is 0. The molecule has 0 N–H and O–H groups in total. The summed E-state index contributed by atoms with van der Waals surface area (Å²) in [6.07, 6.45) is 0. The van der Waals surface area contributed by atoms with Crippen LogP contribution in [0, 0.1) is 20.8 Å². The van der Waals surface area contributed by atoms with E-state index in [2.05, 4.69) is 321 Å². The Kier molecular flexibility index (Phi) is 10.8. The van der Waals surface area contributed by atoms with Gasteiger partial charge < -0.3 is 9.80 Å². The van der Waals surface area contributed by atoms with E-state index in [9.17, 15) is 0 Å². The van der Waals surface area contributed by atoms with E-state index in [1.807, 2.05) is 0 Å². The third-order valence-corrected chi connectivity index (χ3v) is 21.1. The highest BCUT2D eigenvalue weighted by atomic mass is 15.1. The summed E-state index contributed by atoms with van der Waals surface area (Å²) in [5.74, 6) is 0. The molecule has 418 valence electrons. The van der Waals surface area contributed by atoms with Crippen LogP contribution < -0.4 is 9.80 Å². The van der Waals surface area contributed by atoms with Crippen molar-refractivity contribution >= 4 is 34.1 Å². The van der Waals surface area contributed by atoms with Gasteiger partial charge in [-0.25, -0.2) is 0 Å². The first-order valence-corrected chi connectivity index (χ1v) is 31.1. The predicted octanol–water partition coefficient (Wildman–Crippen LogP) is 22.5. The van der Waals surface area contributed by atoms with E-state index >= 15 is 0 Å². The number of anilines is 6. The number of nitrogens with zero attached hydrogens (tertiary/aromatic N) is 2. The van der Waals surface area contributed by atoms with Gasteiger partial charge in [0.15, 0.2) is 0 Å². The molecule has 0 saturated heterocycles. The molecule has 12 aromatic rings. The Hall–Kier alpha value is -9.76. The maximum atomic E-state index is 2.50. The Morgan fingerprint density at radius 1 is 0.218 bits per heavy atom. The Morgan fingerprint density at radius 3 is 1.01 bits per heavy atom. The van der Waals surface area contributed by atoms with Crippen molar-refractivity contribution in [2.75, 3.05) is 9.80 Å². The number of benzene rings is 12. The molecule has 0 amide bonds. The molecule has 2 nitrogen and oxygen atoms in total. The fraction of sp³-hybridized carbons (Fsp3) is 0.153. The number of hydrogen-bond acceptors (Lipinski definition) is 2. The highest BCUT2D eigenvalue weighted by Crippen LogP contribution is 2.64.